The average molecular weight is 486 g/mol. The molecule has 0 radical (unpaired) electrons. The van der Waals surface area contributed by atoms with Crippen LogP contribution in [0.25, 0.3) is 0 Å². The zero-order chi connectivity index (χ0) is 22.3. The number of cyclic esters (lactones) is 2. The molecule has 6 nitrogen and oxygen atoms in total. The van der Waals surface area contributed by atoms with Crippen LogP contribution >= 0.6 is 15.9 Å². The summed E-state index contributed by atoms with van der Waals surface area (Å²) in [5.74, 6) is -2.01. The number of hydrogen-bond acceptors (Lipinski definition) is 5. The molecule has 7 heteroatoms. The van der Waals surface area contributed by atoms with E-state index in [1.807, 2.05) is 13.8 Å². The molecular weight excluding hydrogens is 462 g/mol. The molecular formula is C24H24BrNO5. The molecule has 0 fully saturated rings. The molecule has 0 aromatic heterocycles. The van der Waals surface area contributed by atoms with E-state index in [0.29, 0.717) is 34.4 Å². The van der Waals surface area contributed by atoms with Gasteiger partial charge in [-0.25, -0.2) is 14.5 Å². The first-order chi connectivity index (χ1) is 14.9. The minimum Gasteiger partial charge on any atom is -0.386 e. The van der Waals surface area contributed by atoms with Gasteiger partial charge in [0.25, 0.3) is 11.8 Å². The number of ether oxygens (including phenoxy) is 1. The van der Waals surface area contributed by atoms with Gasteiger partial charge in [-0.3, -0.25) is 9.59 Å². The second kappa shape index (κ2) is 8.54. The van der Waals surface area contributed by atoms with Gasteiger partial charge >= 0.3 is 11.9 Å². The maximum atomic E-state index is 13.4. The number of esters is 2. The number of anilines is 1. The third-order valence-electron chi connectivity index (χ3n) is 6.50. The number of rotatable bonds is 4. The predicted octanol–water partition coefficient (Wildman–Crippen LogP) is 4.63. The second-order valence-electron chi connectivity index (χ2n) is 8.22. The first-order valence-corrected chi connectivity index (χ1v) is 11.5. The normalized spacial score (nSPS) is 24.2. The van der Waals surface area contributed by atoms with Crippen molar-refractivity contribution < 1.29 is 23.9 Å². The number of nitrogens with zero attached hydrogens (tertiary/aromatic N) is 1. The summed E-state index contributed by atoms with van der Waals surface area (Å²) in [5.41, 5.74) is 2.32. The van der Waals surface area contributed by atoms with Crippen LogP contribution in [0.2, 0.25) is 0 Å². The Morgan fingerprint density at radius 1 is 0.935 bits per heavy atom. The summed E-state index contributed by atoms with van der Waals surface area (Å²) < 4.78 is 5.81. The molecule has 2 atom stereocenters. The van der Waals surface area contributed by atoms with Crippen LogP contribution in [-0.4, -0.2) is 23.8 Å². The van der Waals surface area contributed by atoms with Crippen LogP contribution in [0.3, 0.4) is 0 Å². The molecule has 31 heavy (non-hydrogen) atoms. The molecule has 1 aromatic carbocycles. The molecule has 4 rings (SSSR count). The van der Waals surface area contributed by atoms with Gasteiger partial charge in [0.2, 0.25) is 0 Å². The number of carbonyl (C=O) groups is 4. The Labute approximate surface area is 189 Å². The van der Waals surface area contributed by atoms with Gasteiger partial charge in [0.1, 0.15) is 0 Å². The molecule has 162 valence electrons. The van der Waals surface area contributed by atoms with E-state index in [1.165, 1.54) is 4.90 Å². The van der Waals surface area contributed by atoms with Gasteiger partial charge in [0, 0.05) is 21.2 Å². The first-order valence-electron chi connectivity index (χ1n) is 10.7. The summed E-state index contributed by atoms with van der Waals surface area (Å²) in [7, 11) is 0. The number of amides is 2. The highest BCUT2D eigenvalue weighted by molar-refractivity contribution is 9.10. The van der Waals surface area contributed by atoms with E-state index in [-0.39, 0.29) is 36.5 Å². The summed E-state index contributed by atoms with van der Waals surface area (Å²) in [4.78, 5) is 52.8. The number of imide groups is 1. The summed E-state index contributed by atoms with van der Waals surface area (Å²) in [6, 6.07) is 7.05. The maximum absolute atomic E-state index is 13.4. The highest BCUT2D eigenvalue weighted by Gasteiger charge is 2.45. The quantitative estimate of drug-likeness (QED) is 0.352. The van der Waals surface area contributed by atoms with Gasteiger partial charge < -0.3 is 4.74 Å². The van der Waals surface area contributed by atoms with Gasteiger partial charge in [-0.1, -0.05) is 42.6 Å². The monoisotopic (exact) mass is 485 g/mol. The summed E-state index contributed by atoms with van der Waals surface area (Å²) in [6.07, 6.45) is 3.15. The van der Waals surface area contributed by atoms with Crippen molar-refractivity contribution in [3.63, 3.8) is 0 Å². The van der Waals surface area contributed by atoms with E-state index in [9.17, 15) is 19.2 Å². The zero-order valence-electron chi connectivity index (χ0n) is 17.6. The smallest absolute Gasteiger partial charge is 0.342 e. The van der Waals surface area contributed by atoms with Crippen LogP contribution in [0.4, 0.5) is 5.69 Å². The van der Waals surface area contributed by atoms with Crippen molar-refractivity contribution in [2.45, 2.75) is 52.4 Å². The fourth-order valence-electron chi connectivity index (χ4n) is 4.97. The van der Waals surface area contributed by atoms with Gasteiger partial charge in [0.05, 0.1) is 11.3 Å². The Balaban J connectivity index is 1.77. The molecule has 0 bridgehead atoms. The fraction of sp³-hybridized carbons (Fsp3) is 0.417. The van der Waals surface area contributed by atoms with Crippen LogP contribution < -0.4 is 4.90 Å². The third kappa shape index (κ3) is 3.69. The van der Waals surface area contributed by atoms with Crippen LogP contribution in [0.15, 0.2) is 51.0 Å². The number of hydrogen-bond donors (Lipinski definition) is 0. The molecule has 0 spiro atoms. The molecule has 0 unspecified atom stereocenters. The third-order valence-corrected chi connectivity index (χ3v) is 7.03. The Bertz CT molecular complexity index is 1040. The summed E-state index contributed by atoms with van der Waals surface area (Å²) in [6.45, 7) is 4.05. The fourth-order valence-corrected chi connectivity index (χ4v) is 5.23. The molecule has 2 heterocycles. The van der Waals surface area contributed by atoms with Crippen molar-refractivity contribution in [3.05, 3.63) is 51.0 Å². The molecule has 1 aromatic rings. The highest BCUT2D eigenvalue weighted by Crippen LogP contribution is 2.43. The number of halogens is 1. The highest BCUT2D eigenvalue weighted by atomic mass is 79.9. The van der Waals surface area contributed by atoms with Gasteiger partial charge in [-0.15, -0.1) is 0 Å². The largest absolute Gasteiger partial charge is 0.386 e. The molecule has 0 N–H and O–H groups in total. The van der Waals surface area contributed by atoms with E-state index in [4.69, 9.17) is 4.74 Å². The van der Waals surface area contributed by atoms with E-state index in [0.717, 1.165) is 23.7 Å². The van der Waals surface area contributed by atoms with E-state index in [2.05, 4.69) is 15.9 Å². The first kappa shape index (κ1) is 21.7. The lowest BCUT2D eigenvalue weighted by Crippen LogP contribution is -2.32. The standard InChI is InChI=1S/C24H24BrNO5/c1-3-5-16-13(4-2)12-19-17(10-11-18-20(16)24(30)31-23(18)29)21(27)26(22(19)28)15-8-6-14(25)7-9-15/h6-9,13,16H,3-5,10-12H2,1-2H3/t13-,16+/m1/s1. The minimum atomic E-state index is -0.610. The lowest BCUT2D eigenvalue weighted by atomic mass is 9.76. The summed E-state index contributed by atoms with van der Waals surface area (Å²) >= 11 is 3.37. The van der Waals surface area contributed by atoms with Crippen LogP contribution in [0.1, 0.15) is 52.4 Å². The molecule has 0 saturated carbocycles. The minimum absolute atomic E-state index is 0.0342. The van der Waals surface area contributed by atoms with E-state index >= 15 is 0 Å². The second-order valence-corrected chi connectivity index (χ2v) is 9.13. The molecule has 2 aliphatic heterocycles. The van der Waals surface area contributed by atoms with Crippen LogP contribution in [0.5, 0.6) is 0 Å². The Hall–Kier alpha value is -2.54. The van der Waals surface area contributed by atoms with Gasteiger partial charge in [0.15, 0.2) is 0 Å². The lowest BCUT2D eigenvalue weighted by Gasteiger charge is -2.26. The average Bonchev–Trinajstić information content (AvgIpc) is 3.17. The van der Waals surface area contributed by atoms with Gasteiger partial charge in [-0.2, -0.15) is 0 Å². The Morgan fingerprint density at radius 2 is 1.58 bits per heavy atom. The molecule has 2 amide bonds. The number of benzene rings is 1. The predicted molar refractivity (Wildman–Crippen MR) is 118 cm³/mol. The molecule has 3 aliphatic rings. The van der Waals surface area contributed by atoms with Crippen molar-refractivity contribution in [1.82, 2.24) is 0 Å². The SMILES string of the molecule is CCC[C@@H]1C2=C(CCC3=C(C[C@H]1CC)C(=O)N(c1ccc(Br)cc1)C3=O)C(=O)OC2=O. The summed E-state index contributed by atoms with van der Waals surface area (Å²) in [5, 5.41) is 0. The van der Waals surface area contributed by atoms with Crippen LogP contribution in [0, 0.1) is 11.8 Å². The van der Waals surface area contributed by atoms with E-state index in [1.54, 1.807) is 24.3 Å². The van der Waals surface area contributed by atoms with Crippen molar-refractivity contribution in [3.8, 4) is 0 Å². The van der Waals surface area contributed by atoms with E-state index < -0.39 is 11.9 Å². The van der Waals surface area contributed by atoms with Crippen molar-refractivity contribution in [2.75, 3.05) is 4.90 Å². The molecule has 1 aliphatic carbocycles. The zero-order valence-corrected chi connectivity index (χ0v) is 19.2. The van der Waals surface area contributed by atoms with Crippen LogP contribution in [-0.2, 0) is 23.9 Å². The maximum Gasteiger partial charge on any atom is 0.342 e. The Kier molecular flexibility index (Phi) is 5.97. The van der Waals surface area contributed by atoms with Crippen molar-refractivity contribution >= 4 is 45.4 Å². The lowest BCUT2D eigenvalue weighted by molar-refractivity contribution is -0.151. The van der Waals surface area contributed by atoms with Gasteiger partial charge in [-0.05, 0) is 61.8 Å². The van der Waals surface area contributed by atoms with Crippen molar-refractivity contribution in [2.24, 2.45) is 11.8 Å². The topological polar surface area (TPSA) is 80.8 Å². The van der Waals surface area contributed by atoms with Crippen molar-refractivity contribution in [1.29, 1.82) is 0 Å². The number of carbonyl (C=O) groups excluding carboxylic acids is 4. The Morgan fingerprint density at radius 3 is 2.23 bits per heavy atom. The molecule has 0 saturated heterocycles.